The number of carbonyl (C=O) groups excluding carboxylic acids is 1. The van der Waals surface area contributed by atoms with Gasteiger partial charge >= 0.3 is 0 Å². The van der Waals surface area contributed by atoms with Gasteiger partial charge in [-0.3, -0.25) is 4.90 Å². The van der Waals surface area contributed by atoms with Crippen LogP contribution in [0.5, 0.6) is 0 Å². The lowest BCUT2D eigenvalue weighted by atomic mass is 9.54. The summed E-state index contributed by atoms with van der Waals surface area (Å²) in [6.07, 6.45) is 5.09. The number of piperidine rings is 1. The van der Waals surface area contributed by atoms with E-state index in [9.17, 15) is 4.79 Å². The van der Waals surface area contributed by atoms with Gasteiger partial charge in [0.05, 0.1) is 5.54 Å². The predicted octanol–water partition coefficient (Wildman–Crippen LogP) is 2.75. The van der Waals surface area contributed by atoms with Gasteiger partial charge in [-0.05, 0) is 49.8 Å². The molecule has 3 heterocycles. The summed E-state index contributed by atoms with van der Waals surface area (Å²) in [5.41, 5.74) is 10.4. The standard InChI is InChI=1S/C21H27N3O/c1-19(2)17-11-20(13-25)8-5-9-24(20)12-21(17,22)10-15-14-6-3-4-7-16(14)23-18(15)19/h3-4,6-7,13,17,23H,5,8-12,22H2,1-2H3. The summed E-state index contributed by atoms with van der Waals surface area (Å²) in [5.74, 6) is 0.306. The Morgan fingerprint density at radius 3 is 2.92 bits per heavy atom. The number of nitrogens with two attached hydrogens (primary N) is 1. The fraction of sp³-hybridized carbons (Fsp3) is 0.571. The van der Waals surface area contributed by atoms with E-state index < -0.39 is 0 Å². The van der Waals surface area contributed by atoms with Gasteiger partial charge in [-0.1, -0.05) is 32.0 Å². The van der Waals surface area contributed by atoms with E-state index in [4.69, 9.17) is 5.73 Å². The van der Waals surface area contributed by atoms with Gasteiger partial charge in [0.2, 0.25) is 0 Å². The summed E-state index contributed by atoms with van der Waals surface area (Å²) in [5, 5.41) is 1.31. The van der Waals surface area contributed by atoms with Crippen LogP contribution in [0.3, 0.4) is 0 Å². The molecule has 5 rings (SSSR count). The van der Waals surface area contributed by atoms with Crippen molar-refractivity contribution in [1.82, 2.24) is 9.88 Å². The molecule has 1 aliphatic carbocycles. The maximum absolute atomic E-state index is 12.0. The number of H-pyrrole nitrogens is 1. The van der Waals surface area contributed by atoms with Crippen molar-refractivity contribution in [1.29, 1.82) is 0 Å². The van der Waals surface area contributed by atoms with E-state index in [0.29, 0.717) is 5.92 Å². The van der Waals surface area contributed by atoms with E-state index >= 15 is 0 Å². The Morgan fingerprint density at radius 1 is 1.32 bits per heavy atom. The minimum atomic E-state index is -0.283. The highest BCUT2D eigenvalue weighted by atomic mass is 16.1. The van der Waals surface area contributed by atoms with Crippen molar-refractivity contribution >= 4 is 17.2 Å². The number of hydrogen-bond donors (Lipinski definition) is 2. The maximum atomic E-state index is 12.0. The van der Waals surface area contributed by atoms with Crippen LogP contribution in [0, 0.1) is 5.92 Å². The Kier molecular flexibility index (Phi) is 2.96. The first kappa shape index (κ1) is 15.6. The van der Waals surface area contributed by atoms with Gasteiger partial charge in [0, 0.05) is 34.1 Å². The summed E-state index contributed by atoms with van der Waals surface area (Å²) >= 11 is 0. The first-order valence-electron chi connectivity index (χ1n) is 9.50. The van der Waals surface area contributed by atoms with Crippen LogP contribution in [0.1, 0.15) is 44.4 Å². The minimum absolute atomic E-state index is 0.0634. The largest absolute Gasteiger partial charge is 0.358 e. The quantitative estimate of drug-likeness (QED) is 0.787. The molecule has 0 bridgehead atoms. The molecule has 4 nitrogen and oxygen atoms in total. The summed E-state index contributed by atoms with van der Waals surface area (Å²) < 4.78 is 0. The second-order valence-electron chi connectivity index (χ2n) is 9.16. The molecule has 25 heavy (non-hydrogen) atoms. The molecule has 2 saturated heterocycles. The molecule has 132 valence electrons. The van der Waals surface area contributed by atoms with Crippen molar-refractivity contribution in [3.8, 4) is 0 Å². The first-order valence-corrected chi connectivity index (χ1v) is 9.50. The zero-order valence-electron chi connectivity index (χ0n) is 15.1. The fourth-order valence-corrected chi connectivity index (χ4v) is 6.22. The summed E-state index contributed by atoms with van der Waals surface area (Å²) in [6.45, 7) is 6.47. The third kappa shape index (κ3) is 1.87. The summed E-state index contributed by atoms with van der Waals surface area (Å²) in [4.78, 5) is 18.1. The van der Waals surface area contributed by atoms with Crippen LogP contribution in [0.4, 0.5) is 0 Å². The van der Waals surface area contributed by atoms with Crippen molar-refractivity contribution in [3.05, 3.63) is 35.5 Å². The highest BCUT2D eigenvalue weighted by Crippen LogP contribution is 2.54. The van der Waals surface area contributed by atoms with Crippen molar-refractivity contribution < 1.29 is 4.79 Å². The number of rotatable bonds is 1. The Morgan fingerprint density at radius 2 is 2.12 bits per heavy atom. The van der Waals surface area contributed by atoms with Crippen LogP contribution in [0.15, 0.2) is 24.3 Å². The topological polar surface area (TPSA) is 62.1 Å². The molecule has 1 aromatic heterocycles. The highest BCUT2D eigenvalue weighted by Gasteiger charge is 2.60. The summed E-state index contributed by atoms with van der Waals surface area (Å²) in [7, 11) is 0. The molecule has 0 spiro atoms. The van der Waals surface area contributed by atoms with Gasteiger partial charge in [-0.15, -0.1) is 0 Å². The first-order chi connectivity index (χ1) is 11.9. The number of aromatic amines is 1. The molecule has 1 aromatic carbocycles. The van der Waals surface area contributed by atoms with E-state index in [1.165, 1.54) is 28.4 Å². The van der Waals surface area contributed by atoms with Crippen LogP contribution in [-0.2, 0) is 16.6 Å². The average Bonchev–Trinajstić information content (AvgIpc) is 3.15. The number of benzene rings is 1. The average molecular weight is 337 g/mol. The third-order valence-electron chi connectivity index (χ3n) is 7.46. The van der Waals surface area contributed by atoms with Gasteiger partial charge in [0.1, 0.15) is 6.29 Å². The lowest BCUT2D eigenvalue weighted by Gasteiger charge is -2.58. The Bertz CT molecular complexity index is 869. The minimum Gasteiger partial charge on any atom is -0.358 e. The normalized spacial score (nSPS) is 36.7. The van der Waals surface area contributed by atoms with Gasteiger partial charge in [-0.2, -0.15) is 0 Å². The molecule has 4 heteroatoms. The Labute approximate surface area is 148 Å². The van der Waals surface area contributed by atoms with E-state index in [1.807, 2.05) is 0 Å². The fourth-order valence-electron chi connectivity index (χ4n) is 6.22. The molecular formula is C21H27N3O. The van der Waals surface area contributed by atoms with Crippen molar-refractivity contribution in [3.63, 3.8) is 0 Å². The number of aromatic nitrogens is 1. The molecule has 2 fully saturated rings. The molecule has 3 unspecified atom stereocenters. The number of carbonyl (C=O) groups is 1. The van der Waals surface area contributed by atoms with Crippen LogP contribution in [-0.4, -0.2) is 40.3 Å². The van der Waals surface area contributed by atoms with Crippen LogP contribution >= 0.6 is 0 Å². The Hall–Kier alpha value is -1.65. The van der Waals surface area contributed by atoms with Gasteiger partial charge in [-0.25, -0.2) is 0 Å². The number of nitrogens with one attached hydrogen (secondary N) is 1. The zero-order valence-corrected chi connectivity index (χ0v) is 15.1. The van der Waals surface area contributed by atoms with Gasteiger partial charge in [0.15, 0.2) is 0 Å². The van der Waals surface area contributed by atoms with E-state index in [2.05, 4.69) is 48.0 Å². The zero-order chi connectivity index (χ0) is 17.4. The predicted molar refractivity (Wildman–Crippen MR) is 99.7 cm³/mol. The number of para-hydroxylation sites is 1. The van der Waals surface area contributed by atoms with E-state index in [1.54, 1.807) is 0 Å². The van der Waals surface area contributed by atoms with Crippen LogP contribution in [0.2, 0.25) is 0 Å². The lowest BCUT2D eigenvalue weighted by Crippen LogP contribution is -2.71. The SMILES string of the molecule is CC1(C)c2[nH]c3ccccc3c2CC2(N)CN3CCCC3(C=O)CC21. The van der Waals surface area contributed by atoms with Gasteiger partial charge in [0.25, 0.3) is 0 Å². The van der Waals surface area contributed by atoms with Crippen molar-refractivity contribution in [2.75, 3.05) is 13.1 Å². The van der Waals surface area contributed by atoms with Crippen LogP contribution < -0.4 is 5.73 Å². The summed E-state index contributed by atoms with van der Waals surface area (Å²) in [6, 6.07) is 8.55. The Balaban J connectivity index is 1.69. The second-order valence-corrected chi connectivity index (χ2v) is 9.16. The third-order valence-corrected chi connectivity index (χ3v) is 7.46. The monoisotopic (exact) mass is 337 g/mol. The second kappa shape index (κ2) is 4.74. The van der Waals surface area contributed by atoms with E-state index in [0.717, 1.165) is 38.8 Å². The van der Waals surface area contributed by atoms with Crippen molar-refractivity contribution in [2.45, 2.75) is 56.0 Å². The molecule has 3 N–H and O–H groups in total. The number of nitrogens with zero attached hydrogens (tertiary/aromatic N) is 1. The molecule has 2 aliphatic heterocycles. The molecule has 0 radical (unpaired) electrons. The molecule has 2 aromatic rings. The van der Waals surface area contributed by atoms with E-state index in [-0.39, 0.29) is 16.5 Å². The smallest absolute Gasteiger partial charge is 0.140 e. The molecule has 3 atom stereocenters. The molecule has 0 amide bonds. The molecule has 0 saturated carbocycles. The van der Waals surface area contributed by atoms with Crippen LogP contribution in [0.25, 0.3) is 10.9 Å². The number of hydrogen-bond acceptors (Lipinski definition) is 3. The number of fused-ring (bicyclic) bond motifs is 5. The lowest BCUT2D eigenvalue weighted by molar-refractivity contribution is -0.124. The molecule has 3 aliphatic rings. The van der Waals surface area contributed by atoms with Crippen molar-refractivity contribution in [2.24, 2.45) is 11.7 Å². The van der Waals surface area contributed by atoms with Gasteiger partial charge < -0.3 is 15.5 Å². The highest BCUT2D eigenvalue weighted by molar-refractivity contribution is 5.85. The number of aldehydes is 1. The molecular weight excluding hydrogens is 310 g/mol. The maximum Gasteiger partial charge on any atom is 0.140 e.